The second-order valence-corrected chi connectivity index (χ2v) is 6.56. The van der Waals surface area contributed by atoms with Crippen LogP contribution in [0.2, 0.25) is 0 Å². The topological polar surface area (TPSA) is 62.5 Å². The Morgan fingerprint density at radius 3 is 2.62 bits per heavy atom. The lowest BCUT2D eigenvalue weighted by Gasteiger charge is -2.20. The lowest BCUT2D eigenvalue weighted by molar-refractivity contribution is 0.0976. The molecule has 6 nitrogen and oxygen atoms in total. The van der Waals surface area contributed by atoms with Crippen molar-refractivity contribution in [2.24, 2.45) is 0 Å². The molecule has 3 rings (SSSR count). The molecule has 2 heterocycles. The fraction of sp³-hybridized carbons (Fsp3) is 0.312. The number of hydrogen-bond donors (Lipinski definition) is 0. The summed E-state index contributed by atoms with van der Waals surface area (Å²) in [7, 11) is 3.95. The molecule has 0 saturated heterocycles. The van der Waals surface area contributed by atoms with Gasteiger partial charge >= 0.3 is 0 Å². The molecule has 128 valence electrons. The van der Waals surface area contributed by atoms with Crippen LogP contribution in [0.4, 0.5) is 5.13 Å². The van der Waals surface area contributed by atoms with Gasteiger partial charge < -0.3 is 9.42 Å². The first kappa shape index (κ1) is 18.4. The van der Waals surface area contributed by atoms with Crippen LogP contribution in [0.3, 0.4) is 0 Å². The molecule has 0 N–H and O–H groups in total. The normalized spacial score (nSPS) is 10.8. The third-order valence-corrected chi connectivity index (χ3v) is 4.44. The summed E-state index contributed by atoms with van der Waals surface area (Å²) >= 11 is 1.50. The Hall–Kier alpha value is -1.96. The molecule has 0 radical (unpaired) electrons. The predicted molar refractivity (Wildman–Crippen MR) is 98.3 cm³/mol. The highest BCUT2D eigenvalue weighted by molar-refractivity contribution is 7.22. The summed E-state index contributed by atoms with van der Waals surface area (Å²) in [5.41, 5.74) is 1.20. The molecule has 3 aromatic rings. The minimum atomic E-state index is -0.192. The van der Waals surface area contributed by atoms with Crippen LogP contribution >= 0.6 is 23.7 Å². The lowest BCUT2D eigenvalue weighted by Crippen LogP contribution is -2.36. The number of fused-ring (bicyclic) bond motifs is 1. The second-order valence-electron chi connectivity index (χ2n) is 5.55. The Kier molecular flexibility index (Phi) is 5.93. The van der Waals surface area contributed by atoms with Crippen molar-refractivity contribution in [1.82, 2.24) is 15.0 Å². The van der Waals surface area contributed by atoms with Gasteiger partial charge in [-0.05, 0) is 33.2 Å². The van der Waals surface area contributed by atoms with Crippen LogP contribution in [0.1, 0.15) is 16.2 Å². The summed E-state index contributed by atoms with van der Waals surface area (Å²) in [5.74, 6) is 0.424. The van der Waals surface area contributed by atoms with E-state index >= 15 is 0 Å². The molecule has 1 aromatic carbocycles. The van der Waals surface area contributed by atoms with Gasteiger partial charge in [-0.25, -0.2) is 4.98 Å². The molecule has 0 spiro atoms. The zero-order chi connectivity index (χ0) is 16.4. The summed E-state index contributed by atoms with van der Waals surface area (Å²) < 4.78 is 6.09. The lowest BCUT2D eigenvalue weighted by atomic mass is 10.3. The van der Waals surface area contributed by atoms with Gasteiger partial charge in [-0.2, -0.15) is 0 Å². The van der Waals surface area contributed by atoms with Crippen molar-refractivity contribution in [2.75, 3.05) is 32.1 Å². The van der Waals surface area contributed by atoms with Gasteiger partial charge in [0, 0.05) is 19.2 Å². The van der Waals surface area contributed by atoms with Crippen molar-refractivity contribution in [2.45, 2.75) is 6.92 Å². The molecule has 0 atom stereocenters. The number of halogens is 1. The molecule has 0 fully saturated rings. The first-order valence-electron chi connectivity index (χ1n) is 7.30. The summed E-state index contributed by atoms with van der Waals surface area (Å²) in [5, 5.41) is 4.52. The van der Waals surface area contributed by atoms with E-state index in [2.05, 4.69) is 10.1 Å². The van der Waals surface area contributed by atoms with Crippen LogP contribution in [0, 0.1) is 6.92 Å². The van der Waals surface area contributed by atoms with Gasteiger partial charge in [-0.1, -0.05) is 28.6 Å². The molecule has 0 aliphatic rings. The number of carbonyl (C=O) groups is 1. The van der Waals surface area contributed by atoms with Gasteiger partial charge in [0.25, 0.3) is 5.91 Å². The van der Waals surface area contributed by atoms with Crippen molar-refractivity contribution in [3.63, 3.8) is 0 Å². The van der Waals surface area contributed by atoms with Crippen molar-refractivity contribution >= 4 is 45.0 Å². The molecule has 24 heavy (non-hydrogen) atoms. The van der Waals surface area contributed by atoms with E-state index in [0.29, 0.717) is 23.1 Å². The maximum absolute atomic E-state index is 12.8. The van der Waals surface area contributed by atoms with Gasteiger partial charge in [-0.3, -0.25) is 9.69 Å². The van der Waals surface area contributed by atoms with Crippen molar-refractivity contribution in [1.29, 1.82) is 0 Å². The Balaban J connectivity index is 0.00000208. The van der Waals surface area contributed by atoms with E-state index in [0.717, 1.165) is 16.8 Å². The first-order chi connectivity index (χ1) is 11.0. The third kappa shape index (κ3) is 3.92. The standard InChI is InChI=1S/C16H18N4O2S.ClH/c1-11-10-13(18-22-11)15(21)20(9-8-19(2)3)16-17-12-6-4-5-7-14(12)23-16;/h4-7,10H,8-9H2,1-3H3;1H. The fourth-order valence-corrected chi connectivity index (χ4v) is 3.15. The molecule has 2 aromatic heterocycles. The Bertz CT molecular complexity index is 797. The number of aryl methyl sites for hydroxylation is 1. The van der Waals surface area contributed by atoms with E-state index in [1.807, 2.05) is 43.3 Å². The number of amides is 1. The largest absolute Gasteiger partial charge is 0.361 e. The number of thiazole rings is 1. The SMILES string of the molecule is Cc1cc(C(=O)N(CCN(C)C)c2nc3ccccc3s2)no1.Cl. The zero-order valence-corrected chi connectivity index (χ0v) is 15.4. The Morgan fingerprint density at radius 1 is 1.25 bits per heavy atom. The molecule has 0 saturated carbocycles. The van der Waals surface area contributed by atoms with E-state index in [-0.39, 0.29) is 18.3 Å². The predicted octanol–water partition coefficient (Wildman–Crippen LogP) is 3.22. The van der Waals surface area contributed by atoms with Gasteiger partial charge in [0.05, 0.1) is 10.2 Å². The van der Waals surface area contributed by atoms with E-state index < -0.39 is 0 Å². The summed E-state index contributed by atoms with van der Waals surface area (Å²) in [4.78, 5) is 21.1. The van der Waals surface area contributed by atoms with Gasteiger partial charge in [0.15, 0.2) is 10.8 Å². The van der Waals surface area contributed by atoms with Crippen molar-refractivity contribution < 1.29 is 9.32 Å². The smallest absolute Gasteiger partial charge is 0.282 e. The molecule has 0 aliphatic heterocycles. The fourth-order valence-electron chi connectivity index (χ4n) is 2.17. The molecule has 0 aliphatic carbocycles. The van der Waals surface area contributed by atoms with Gasteiger partial charge in [-0.15, -0.1) is 12.4 Å². The minimum absolute atomic E-state index is 0. The third-order valence-electron chi connectivity index (χ3n) is 3.38. The minimum Gasteiger partial charge on any atom is -0.361 e. The molecule has 0 bridgehead atoms. The van der Waals surface area contributed by atoms with Crippen LogP contribution in [-0.2, 0) is 0 Å². The molecule has 8 heteroatoms. The number of rotatable bonds is 5. The van der Waals surface area contributed by atoms with Gasteiger partial charge in [0.2, 0.25) is 0 Å². The first-order valence-corrected chi connectivity index (χ1v) is 8.12. The number of likely N-dealkylation sites (N-methyl/N-ethyl adjacent to an activating group) is 1. The van der Waals surface area contributed by atoms with Crippen LogP contribution < -0.4 is 4.90 Å². The monoisotopic (exact) mass is 366 g/mol. The van der Waals surface area contributed by atoms with E-state index in [9.17, 15) is 4.79 Å². The van der Waals surface area contributed by atoms with Crippen LogP contribution in [-0.4, -0.2) is 48.1 Å². The summed E-state index contributed by atoms with van der Waals surface area (Å²) in [6, 6.07) is 9.52. The summed E-state index contributed by atoms with van der Waals surface area (Å²) in [6.45, 7) is 3.04. The van der Waals surface area contributed by atoms with E-state index in [1.54, 1.807) is 17.9 Å². The summed E-state index contributed by atoms with van der Waals surface area (Å²) in [6.07, 6.45) is 0. The molecular weight excluding hydrogens is 348 g/mol. The molecule has 0 unspecified atom stereocenters. The highest BCUT2D eigenvalue weighted by atomic mass is 35.5. The Labute approximate surface area is 150 Å². The van der Waals surface area contributed by atoms with Crippen LogP contribution in [0.25, 0.3) is 10.2 Å². The van der Waals surface area contributed by atoms with Crippen molar-refractivity contribution in [3.05, 3.63) is 41.8 Å². The maximum atomic E-state index is 12.8. The maximum Gasteiger partial charge on any atom is 0.282 e. The number of aromatic nitrogens is 2. The molecule has 1 amide bonds. The van der Waals surface area contributed by atoms with Crippen LogP contribution in [0.15, 0.2) is 34.9 Å². The zero-order valence-electron chi connectivity index (χ0n) is 13.7. The number of para-hydroxylation sites is 1. The highest BCUT2D eigenvalue weighted by Crippen LogP contribution is 2.29. The Morgan fingerprint density at radius 2 is 2.00 bits per heavy atom. The average molecular weight is 367 g/mol. The number of anilines is 1. The molecular formula is C16H19ClN4O2S. The average Bonchev–Trinajstić information content (AvgIpc) is 3.12. The second kappa shape index (κ2) is 7.74. The highest BCUT2D eigenvalue weighted by Gasteiger charge is 2.23. The quantitative estimate of drug-likeness (QED) is 0.693. The van der Waals surface area contributed by atoms with Crippen LogP contribution in [0.5, 0.6) is 0 Å². The number of nitrogens with zero attached hydrogens (tertiary/aromatic N) is 4. The van der Waals surface area contributed by atoms with E-state index in [4.69, 9.17) is 4.52 Å². The number of benzene rings is 1. The number of carbonyl (C=O) groups excluding carboxylic acids is 1. The van der Waals surface area contributed by atoms with E-state index in [1.165, 1.54) is 11.3 Å². The number of hydrogen-bond acceptors (Lipinski definition) is 6. The van der Waals surface area contributed by atoms with Crippen molar-refractivity contribution in [3.8, 4) is 0 Å². The van der Waals surface area contributed by atoms with Gasteiger partial charge in [0.1, 0.15) is 5.76 Å².